The molecule has 0 unspecified atom stereocenters. The van der Waals surface area contributed by atoms with Gasteiger partial charge in [0.05, 0.1) is 6.42 Å². The van der Waals surface area contributed by atoms with E-state index in [1.807, 2.05) is 25.1 Å². The van der Waals surface area contributed by atoms with Crippen LogP contribution >= 0.6 is 0 Å². The van der Waals surface area contributed by atoms with E-state index in [0.29, 0.717) is 12.1 Å². The van der Waals surface area contributed by atoms with Gasteiger partial charge in [-0.3, -0.25) is 4.79 Å². The molecular weight excluding hydrogens is 332 g/mol. The number of hydrogen-bond acceptors (Lipinski definition) is 5. The highest BCUT2D eigenvalue weighted by Gasteiger charge is 2.25. The van der Waals surface area contributed by atoms with Gasteiger partial charge in [-0.15, -0.1) is 0 Å². The molecule has 0 bridgehead atoms. The summed E-state index contributed by atoms with van der Waals surface area (Å²) in [5.74, 6) is -0.384. The van der Waals surface area contributed by atoms with Gasteiger partial charge >= 0.3 is 12.1 Å². The first-order valence-corrected chi connectivity index (χ1v) is 8.81. The molecule has 1 amide bonds. The number of anilines is 1. The van der Waals surface area contributed by atoms with Gasteiger partial charge in [-0.2, -0.15) is 0 Å². The molecule has 1 aromatic carbocycles. The lowest BCUT2D eigenvalue weighted by Gasteiger charge is -2.25. The van der Waals surface area contributed by atoms with Crippen LogP contribution in [0.25, 0.3) is 0 Å². The van der Waals surface area contributed by atoms with E-state index in [1.54, 1.807) is 41.5 Å². The van der Waals surface area contributed by atoms with Crippen LogP contribution in [0, 0.1) is 6.92 Å². The maximum atomic E-state index is 12.2. The average molecular weight is 364 g/mol. The normalized spacial score (nSPS) is 13.0. The van der Waals surface area contributed by atoms with Crippen LogP contribution in [0.3, 0.4) is 0 Å². The highest BCUT2D eigenvalue weighted by molar-refractivity contribution is 5.73. The molecule has 6 nitrogen and oxygen atoms in total. The van der Waals surface area contributed by atoms with Gasteiger partial charge in [0, 0.05) is 11.7 Å². The van der Waals surface area contributed by atoms with E-state index in [-0.39, 0.29) is 12.4 Å². The number of carbonyl (C=O) groups excluding carboxylic acids is 2. The Kier molecular flexibility index (Phi) is 7.07. The van der Waals surface area contributed by atoms with E-state index in [4.69, 9.17) is 15.2 Å². The van der Waals surface area contributed by atoms with Crippen LogP contribution in [-0.2, 0) is 20.7 Å². The molecule has 1 rings (SSSR count). The first kappa shape index (κ1) is 21.8. The van der Waals surface area contributed by atoms with Crippen LogP contribution < -0.4 is 11.1 Å². The SMILES string of the molecule is Cc1ccc(N)c(C[C@@H](CC(=O)OC(C)(C)C)NC(=O)OC(C)(C)C)c1. The minimum atomic E-state index is -0.622. The van der Waals surface area contributed by atoms with Crippen molar-refractivity contribution in [3.63, 3.8) is 0 Å². The largest absolute Gasteiger partial charge is 0.460 e. The summed E-state index contributed by atoms with van der Waals surface area (Å²) in [5, 5.41) is 2.77. The Bertz CT molecular complexity index is 612. The van der Waals surface area contributed by atoms with E-state index in [2.05, 4.69) is 5.32 Å². The summed E-state index contributed by atoms with van der Waals surface area (Å²) in [6, 6.07) is 5.21. The number of nitrogen functional groups attached to an aromatic ring is 1. The van der Waals surface area contributed by atoms with Gasteiger partial charge < -0.3 is 20.5 Å². The van der Waals surface area contributed by atoms with Crippen LogP contribution in [0.5, 0.6) is 0 Å². The fourth-order valence-corrected chi connectivity index (χ4v) is 2.41. The molecule has 146 valence electrons. The van der Waals surface area contributed by atoms with Gasteiger partial charge in [0.1, 0.15) is 11.2 Å². The van der Waals surface area contributed by atoms with Crippen LogP contribution in [0.4, 0.5) is 10.5 Å². The molecule has 6 heteroatoms. The summed E-state index contributed by atoms with van der Waals surface area (Å²) in [7, 11) is 0. The third-order valence-electron chi connectivity index (χ3n) is 3.32. The number of benzene rings is 1. The Morgan fingerprint density at radius 2 is 1.65 bits per heavy atom. The van der Waals surface area contributed by atoms with Crippen LogP contribution in [0.1, 0.15) is 59.1 Å². The number of ether oxygens (including phenoxy) is 2. The summed E-state index contributed by atoms with van der Waals surface area (Å²) >= 11 is 0. The zero-order valence-corrected chi connectivity index (χ0v) is 16.9. The van der Waals surface area contributed by atoms with Crippen LogP contribution in [0.15, 0.2) is 18.2 Å². The minimum absolute atomic E-state index is 0.0316. The predicted molar refractivity (Wildman–Crippen MR) is 103 cm³/mol. The average Bonchev–Trinajstić information content (AvgIpc) is 2.38. The monoisotopic (exact) mass is 364 g/mol. The topological polar surface area (TPSA) is 90.7 Å². The first-order chi connectivity index (χ1) is 11.7. The molecule has 0 aliphatic rings. The number of nitrogens with two attached hydrogens (primary N) is 1. The highest BCUT2D eigenvalue weighted by Crippen LogP contribution is 2.18. The molecule has 0 radical (unpaired) electrons. The molecule has 1 aromatic rings. The molecule has 26 heavy (non-hydrogen) atoms. The van der Waals surface area contributed by atoms with Gasteiger partial charge in [0.2, 0.25) is 0 Å². The third kappa shape index (κ3) is 8.74. The molecule has 0 saturated carbocycles. The number of hydrogen-bond donors (Lipinski definition) is 2. The molecule has 1 atom stereocenters. The molecular formula is C20H32N2O4. The van der Waals surface area contributed by atoms with E-state index in [0.717, 1.165) is 11.1 Å². The molecule has 0 fully saturated rings. The zero-order chi connectivity index (χ0) is 20.1. The second-order valence-corrected chi connectivity index (χ2v) is 8.54. The lowest BCUT2D eigenvalue weighted by molar-refractivity contribution is -0.155. The van der Waals surface area contributed by atoms with Crippen molar-refractivity contribution in [2.45, 2.75) is 78.6 Å². The Labute approximate surface area is 156 Å². The number of esters is 1. The van der Waals surface area contributed by atoms with E-state index >= 15 is 0 Å². The van der Waals surface area contributed by atoms with Crippen LogP contribution in [0.2, 0.25) is 0 Å². The lowest BCUT2D eigenvalue weighted by Crippen LogP contribution is -2.42. The fraction of sp³-hybridized carbons (Fsp3) is 0.600. The maximum absolute atomic E-state index is 12.2. The molecule has 0 spiro atoms. The molecule has 0 aromatic heterocycles. The van der Waals surface area contributed by atoms with E-state index < -0.39 is 23.3 Å². The maximum Gasteiger partial charge on any atom is 0.407 e. The van der Waals surface area contributed by atoms with Gasteiger partial charge in [0.15, 0.2) is 0 Å². The predicted octanol–water partition coefficient (Wildman–Crippen LogP) is 3.74. The zero-order valence-electron chi connectivity index (χ0n) is 16.9. The summed E-state index contributed by atoms with van der Waals surface area (Å²) < 4.78 is 10.7. The van der Waals surface area contributed by atoms with Gasteiger partial charge in [-0.05, 0) is 66.5 Å². The molecule has 0 saturated heterocycles. The number of nitrogens with one attached hydrogen (secondary N) is 1. The summed E-state index contributed by atoms with van der Waals surface area (Å²) in [5.41, 5.74) is 7.38. The third-order valence-corrected chi connectivity index (χ3v) is 3.32. The standard InChI is InChI=1S/C20H32N2O4/c1-13-8-9-16(21)14(10-13)11-15(12-17(23)25-19(2,3)4)22-18(24)26-20(5,6)7/h8-10,15H,11-12,21H2,1-7H3,(H,22,24)/t15-/m0/s1. The van der Waals surface area contributed by atoms with Crippen molar-refractivity contribution >= 4 is 17.7 Å². The molecule has 3 N–H and O–H groups in total. The van der Waals surface area contributed by atoms with E-state index in [9.17, 15) is 9.59 Å². The smallest absolute Gasteiger partial charge is 0.407 e. The molecule has 0 heterocycles. The van der Waals surface area contributed by atoms with Gasteiger partial charge in [-0.25, -0.2) is 4.79 Å². The van der Waals surface area contributed by atoms with Crippen molar-refractivity contribution < 1.29 is 19.1 Å². The van der Waals surface area contributed by atoms with Crippen LogP contribution in [-0.4, -0.2) is 29.3 Å². The Hall–Kier alpha value is -2.24. The number of amides is 1. The Morgan fingerprint density at radius 1 is 1.08 bits per heavy atom. The summed E-state index contributed by atoms with van der Waals surface area (Å²) in [6.45, 7) is 12.7. The fourth-order valence-electron chi connectivity index (χ4n) is 2.41. The van der Waals surface area contributed by atoms with Gasteiger partial charge in [-0.1, -0.05) is 17.7 Å². The van der Waals surface area contributed by atoms with Crippen molar-refractivity contribution in [3.8, 4) is 0 Å². The van der Waals surface area contributed by atoms with Gasteiger partial charge in [0.25, 0.3) is 0 Å². The van der Waals surface area contributed by atoms with E-state index in [1.165, 1.54) is 0 Å². The van der Waals surface area contributed by atoms with Crippen molar-refractivity contribution in [2.24, 2.45) is 0 Å². The van der Waals surface area contributed by atoms with Crippen molar-refractivity contribution in [1.29, 1.82) is 0 Å². The second kappa shape index (κ2) is 8.43. The van der Waals surface area contributed by atoms with Crippen molar-refractivity contribution in [2.75, 3.05) is 5.73 Å². The summed E-state index contributed by atoms with van der Waals surface area (Å²) in [4.78, 5) is 24.4. The molecule has 0 aliphatic carbocycles. The van der Waals surface area contributed by atoms with Crippen molar-refractivity contribution in [3.05, 3.63) is 29.3 Å². The highest BCUT2D eigenvalue weighted by atomic mass is 16.6. The quantitative estimate of drug-likeness (QED) is 0.613. The number of alkyl carbamates (subject to hydrolysis) is 1. The minimum Gasteiger partial charge on any atom is -0.460 e. The molecule has 0 aliphatic heterocycles. The Morgan fingerprint density at radius 3 is 2.19 bits per heavy atom. The number of carbonyl (C=O) groups is 2. The van der Waals surface area contributed by atoms with Crippen molar-refractivity contribution in [1.82, 2.24) is 5.32 Å². The summed E-state index contributed by atoms with van der Waals surface area (Å²) in [6.07, 6.45) is -0.132. The Balaban J connectivity index is 2.91. The lowest BCUT2D eigenvalue weighted by atomic mass is 10.00. The number of rotatable bonds is 5. The second-order valence-electron chi connectivity index (χ2n) is 8.54. The first-order valence-electron chi connectivity index (χ1n) is 8.81. The number of aryl methyl sites for hydroxylation is 1.